The second kappa shape index (κ2) is 8.83. The van der Waals surface area contributed by atoms with Crippen molar-refractivity contribution in [3.05, 3.63) is 57.0 Å². The molecule has 15 heteroatoms. The minimum Gasteiger partial charge on any atom is -0.496 e. The lowest BCUT2D eigenvalue weighted by atomic mass is 10.1. The molecule has 0 radical (unpaired) electrons. The van der Waals surface area contributed by atoms with Gasteiger partial charge in [0.05, 0.1) is 25.6 Å². The summed E-state index contributed by atoms with van der Waals surface area (Å²) < 4.78 is 32.9. The van der Waals surface area contributed by atoms with Gasteiger partial charge in [-0.15, -0.1) is 0 Å². The number of fused-ring (bicyclic) bond motifs is 1. The zero-order valence-corrected chi connectivity index (χ0v) is 17.9. The van der Waals surface area contributed by atoms with Crippen molar-refractivity contribution in [3.63, 3.8) is 0 Å². The number of aliphatic hydroxyl groups excluding tert-OH is 2. The van der Waals surface area contributed by atoms with Crippen LogP contribution in [0.4, 0.5) is 0 Å². The smallest absolute Gasteiger partial charge is 0.469 e. The number of hydrogen-bond acceptors (Lipinski definition) is 10. The summed E-state index contributed by atoms with van der Waals surface area (Å²) in [6.07, 6.45) is -4.97. The number of rotatable bonds is 7. The van der Waals surface area contributed by atoms with Crippen molar-refractivity contribution in [2.45, 2.75) is 31.1 Å². The van der Waals surface area contributed by atoms with E-state index in [1.54, 1.807) is 18.2 Å². The van der Waals surface area contributed by atoms with Crippen LogP contribution in [-0.4, -0.2) is 66.3 Å². The predicted molar refractivity (Wildman–Crippen MR) is 109 cm³/mol. The summed E-state index contributed by atoms with van der Waals surface area (Å²) >= 11 is 0. The molecule has 3 aromatic rings. The maximum Gasteiger partial charge on any atom is 0.469 e. The van der Waals surface area contributed by atoms with Gasteiger partial charge in [0, 0.05) is 12.3 Å². The summed E-state index contributed by atoms with van der Waals surface area (Å²) in [7, 11) is -3.40. The normalized spacial score (nSPS) is 23.3. The number of benzene rings is 1. The highest BCUT2D eigenvalue weighted by Gasteiger charge is 2.45. The van der Waals surface area contributed by atoms with E-state index in [0.717, 1.165) is 21.4 Å². The Kier molecular flexibility index (Phi) is 6.24. The van der Waals surface area contributed by atoms with Gasteiger partial charge in [-0.05, 0) is 12.1 Å². The fourth-order valence-electron chi connectivity index (χ4n) is 3.59. The summed E-state index contributed by atoms with van der Waals surface area (Å²) in [5.41, 5.74) is -0.919. The van der Waals surface area contributed by atoms with Gasteiger partial charge in [-0.25, -0.2) is 9.36 Å². The van der Waals surface area contributed by atoms with Crippen molar-refractivity contribution in [1.82, 2.24) is 14.3 Å². The van der Waals surface area contributed by atoms with Crippen molar-refractivity contribution in [3.8, 4) is 5.75 Å². The van der Waals surface area contributed by atoms with Crippen LogP contribution < -0.4 is 16.0 Å². The number of nitrogens with zero attached hydrogens (tertiary/aromatic N) is 3. The number of aromatic nitrogens is 3. The monoisotopic (exact) mass is 485 g/mol. The molecule has 1 aliphatic rings. The lowest BCUT2D eigenvalue weighted by Gasteiger charge is -2.18. The molecule has 1 fully saturated rings. The highest BCUT2D eigenvalue weighted by Crippen LogP contribution is 2.38. The molecule has 1 aromatic carbocycles. The Morgan fingerprint density at radius 3 is 2.64 bits per heavy atom. The van der Waals surface area contributed by atoms with Crippen LogP contribution in [0, 0.1) is 0 Å². The topological polar surface area (TPSA) is 196 Å². The van der Waals surface area contributed by atoms with Crippen molar-refractivity contribution in [2.24, 2.45) is 0 Å². The fourth-order valence-corrected chi connectivity index (χ4v) is 3.93. The average molecular weight is 485 g/mol. The molecule has 4 atom stereocenters. The first-order valence-corrected chi connectivity index (χ1v) is 11.1. The number of methoxy groups -OCH3 is 1. The Morgan fingerprint density at radius 2 is 1.94 bits per heavy atom. The van der Waals surface area contributed by atoms with E-state index in [4.69, 9.17) is 23.8 Å². The molecular weight excluding hydrogens is 465 g/mol. The summed E-state index contributed by atoms with van der Waals surface area (Å²) in [6, 6.07) is 6.06. The highest BCUT2D eigenvalue weighted by atomic mass is 31.2. The van der Waals surface area contributed by atoms with Crippen LogP contribution in [0.3, 0.4) is 0 Å². The van der Waals surface area contributed by atoms with Crippen LogP contribution in [0.1, 0.15) is 11.9 Å². The van der Waals surface area contributed by atoms with Gasteiger partial charge in [-0.3, -0.25) is 18.5 Å². The zero-order valence-electron chi connectivity index (χ0n) is 17.0. The Balaban J connectivity index is 1.67. The van der Waals surface area contributed by atoms with E-state index >= 15 is 0 Å². The van der Waals surface area contributed by atoms with Gasteiger partial charge in [-0.1, -0.05) is 11.2 Å². The predicted octanol–water partition coefficient (Wildman–Crippen LogP) is -1.06. The Morgan fingerprint density at radius 1 is 1.18 bits per heavy atom. The maximum absolute atomic E-state index is 13.1. The van der Waals surface area contributed by atoms with E-state index in [9.17, 15) is 24.4 Å². The maximum atomic E-state index is 13.1. The fraction of sp³-hybridized carbons (Fsp3) is 0.389. The second-order valence-corrected chi connectivity index (χ2v) is 8.46. The van der Waals surface area contributed by atoms with Crippen LogP contribution in [0.5, 0.6) is 5.75 Å². The van der Waals surface area contributed by atoms with Crippen molar-refractivity contribution in [1.29, 1.82) is 0 Å². The molecule has 0 unspecified atom stereocenters. The quantitative estimate of drug-likeness (QED) is 0.297. The van der Waals surface area contributed by atoms with Crippen molar-refractivity contribution in [2.75, 3.05) is 13.7 Å². The van der Waals surface area contributed by atoms with E-state index in [2.05, 4.69) is 9.68 Å². The SMILES string of the molecule is COc1cccc2onc(Cn3c(=O)ccn([C@@H]4O[C@H](COP(=O)(O)O)[C@H](O)[C@@H]4O)c3=O)c12. The Hall–Kier alpha value is -2.84. The van der Waals surface area contributed by atoms with Crippen LogP contribution in [0.25, 0.3) is 11.0 Å². The van der Waals surface area contributed by atoms with Gasteiger partial charge in [0.1, 0.15) is 29.8 Å². The summed E-state index contributed by atoms with van der Waals surface area (Å²) in [4.78, 5) is 43.2. The third-order valence-corrected chi connectivity index (χ3v) is 5.66. The summed E-state index contributed by atoms with van der Waals surface area (Å²) in [6.45, 7) is -1.03. The summed E-state index contributed by atoms with van der Waals surface area (Å²) in [5.74, 6) is 0.429. The average Bonchev–Trinajstić information content (AvgIpc) is 3.30. The molecular formula is C18H20N3O11P. The third kappa shape index (κ3) is 4.50. The van der Waals surface area contributed by atoms with Crippen molar-refractivity contribution < 1.29 is 43.1 Å². The summed E-state index contributed by atoms with van der Waals surface area (Å²) in [5, 5.41) is 24.9. The van der Waals surface area contributed by atoms with Gasteiger partial charge in [0.25, 0.3) is 5.56 Å². The Bertz CT molecular complexity index is 1330. The molecule has 4 N–H and O–H groups in total. The van der Waals surface area contributed by atoms with Gasteiger partial charge < -0.3 is 34.0 Å². The molecule has 1 aliphatic heterocycles. The molecule has 0 spiro atoms. The number of aliphatic hydroxyl groups is 2. The van der Waals surface area contributed by atoms with Gasteiger partial charge >= 0.3 is 13.5 Å². The molecule has 0 bridgehead atoms. The number of phosphoric ester groups is 1. The first-order valence-electron chi connectivity index (χ1n) is 9.55. The lowest BCUT2D eigenvalue weighted by Crippen LogP contribution is -2.43. The Labute approximate surface area is 184 Å². The minimum absolute atomic E-state index is 0.250. The standard InChI is InChI=1S/C18H20N3O11P/c1-29-10-3-2-4-11-14(10)9(19-32-11)7-21-13(22)5-6-20(18(21)25)17-16(24)15(23)12(31-17)8-30-33(26,27)28/h2-6,12,15-17,23-24H,7-8H2,1H3,(H2,26,27,28)/t12-,15+,16+,17-/m1/s1. The molecule has 2 aromatic heterocycles. The van der Waals surface area contributed by atoms with Gasteiger partial charge in [-0.2, -0.15) is 0 Å². The lowest BCUT2D eigenvalue weighted by molar-refractivity contribution is -0.0548. The second-order valence-electron chi connectivity index (χ2n) is 7.23. The highest BCUT2D eigenvalue weighted by molar-refractivity contribution is 7.46. The minimum atomic E-state index is -4.85. The molecule has 0 amide bonds. The van der Waals surface area contributed by atoms with E-state index in [-0.39, 0.29) is 12.2 Å². The van der Waals surface area contributed by atoms with Crippen LogP contribution in [0.2, 0.25) is 0 Å². The molecule has 0 saturated carbocycles. The van der Waals surface area contributed by atoms with E-state index < -0.39 is 50.2 Å². The van der Waals surface area contributed by atoms with Gasteiger partial charge in [0.2, 0.25) is 0 Å². The number of ether oxygens (including phenoxy) is 2. The number of hydrogen-bond donors (Lipinski definition) is 4. The van der Waals surface area contributed by atoms with Crippen LogP contribution in [-0.2, 0) is 20.4 Å². The largest absolute Gasteiger partial charge is 0.496 e. The zero-order chi connectivity index (χ0) is 23.9. The molecule has 178 valence electrons. The molecule has 4 rings (SSSR count). The molecule has 1 saturated heterocycles. The molecule has 0 aliphatic carbocycles. The first kappa shape index (κ1) is 23.3. The molecule has 33 heavy (non-hydrogen) atoms. The molecule has 14 nitrogen and oxygen atoms in total. The number of phosphoric acid groups is 1. The van der Waals surface area contributed by atoms with Crippen LogP contribution >= 0.6 is 7.82 Å². The van der Waals surface area contributed by atoms with E-state index in [1.165, 1.54) is 7.11 Å². The molecule has 3 heterocycles. The van der Waals surface area contributed by atoms with Gasteiger partial charge in [0.15, 0.2) is 11.8 Å². The van der Waals surface area contributed by atoms with Crippen LogP contribution in [0.15, 0.2) is 44.6 Å². The van der Waals surface area contributed by atoms with Crippen molar-refractivity contribution >= 4 is 18.8 Å². The first-order chi connectivity index (χ1) is 15.6. The third-order valence-electron chi connectivity index (χ3n) is 5.17. The van der Waals surface area contributed by atoms with E-state index in [0.29, 0.717) is 16.7 Å². The van der Waals surface area contributed by atoms with E-state index in [1.807, 2.05) is 0 Å².